The minimum absolute atomic E-state index is 0.0821. The molecule has 0 radical (unpaired) electrons. The number of aryl methyl sites for hydroxylation is 1. The molecule has 1 aliphatic carbocycles. The molecule has 2 aromatic carbocycles. The van der Waals surface area contributed by atoms with Gasteiger partial charge < -0.3 is 10.6 Å². The zero-order valence-electron chi connectivity index (χ0n) is 14.9. The number of hydrogen-bond acceptors (Lipinski definition) is 2. The van der Waals surface area contributed by atoms with Gasteiger partial charge in [-0.05, 0) is 49.1 Å². The maximum atomic E-state index is 12.3. The second-order valence-corrected chi connectivity index (χ2v) is 7.07. The highest BCUT2D eigenvalue weighted by Crippen LogP contribution is 2.40. The van der Waals surface area contributed by atoms with Gasteiger partial charge in [-0.15, -0.1) is 0 Å². The van der Waals surface area contributed by atoms with Gasteiger partial charge in [0.15, 0.2) is 0 Å². The van der Waals surface area contributed by atoms with Crippen LogP contribution < -0.4 is 10.6 Å². The molecule has 0 heterocycles. The van der Waals surface area contributed by atoms with E-state index in [4.69, 9.17) is 0 Å². The van der Waals surface area contributed by atoms with E-state index in [0.29, 0.717) is 12.3 Å². The van der Waals surface area contributed by atoms with E-state index in [1.165, 1.54) is 5.56 Å². The molecule has 25 heavy (non-hydrogen) atoms. The number of carbonyl (C=O) groups excluding carboxylic acids is 2. The van der Waals surface area contributed by atoms with Crippen LogP contribution in [0.25, 0.3) is 0 Å². The van der Waals surface area contributed by atoms with Crippen LogP contribution in [-0.2, 0) is 9.59 Å². The quantitative estimate of drug-likeness (QED) is 0.854. The third kappa shape index (κ3) is 4.27. The van der Waals surface area contributed by atoms with Crippen LogP contribution in [0.3, 0.4) is 0 Å². The molecule has 0 aliphatic heterocycles. The molecule has 1 aliphatic rings. The number of anilines is 2. The molecule has 0 aromatic heterocycles. The van der Waals surface area contributed by atoms with Gasteiger partial charge >= 0.3 is 0 Å². The topological polar surface area (TPSA) is 58.2 Å². The lowest BCUT2D eigenvalue weighted by Gasteiger charge is -2.09. The summed E-state index contributed by atoms with van der Waals surface area (Å²) >= 11 is 0. The summed E-state index contributed by atoms with van der Waals surface area (Å²) in [6.07, 6.45) is 0.605. The summed E-state index contributed by atoms with van der Waals surface area (Å²) in [5, 5.41) is 5.79. The first-order chi connectivity index (χ1) is 11.9. The Balaban J connectivity index is 1.52. The molecule has 3 rings (SSSR count). The van der Waals surface area contributed by atoms with E-state index in [9.17, 15) is 9.59 Å². The van der Waals surface area contributed by atoms with Crippen LogP contribution in [0.2, 0.25) is 0 Å². The maximum absolute atomic E-state index is 12.3. The fourth-order valence-electron chi connectivity index (χ4n) is 2.83. The zero-order valence-corrected chi connectivity index (χ0v) is 14.9. The first-order valence-electron chi connectivity index (χ1n) is 8.72. The fourth-order valence-corrected chi connectivity index (χ4v) is 2.83. The SMILES string of the molecule is Cc1ccc(NC(=O)C2CC2C(=O)Nc2ccc(C(C)C)cc2)cc1. The second kappa shape index (κ2) is 7.09. The van der Waals surface area contributed by atoms with Crippen LogP contribution in [0, 0.1) is 18.8 Å². The molecule has 130 valence electrons. The first kappa shape index (κ1) is 17.2. The highest BCUT2D eigenvalue weighted by atomic mass is 16.2. The number of carbonyl (C=O) groups is 2. The average Bonchev–Trinajstić information content (AvgIpc) is 3.38. The molecule has 4 nitrogen and oxygen atoms in total. The molecule has 2 amide bonds. The molecule has 2 atom stereocenters. The summed E-state index contributed by atoms with van der Waals surface area (Å²) in [5.74, 6) is -0.185. The second-order valence-electron chi connectivity index (χ2n) is 7.07. The van der Waals surface area contributed by atoms with Crippen LogP contribution >= 0.6 is 0 Å². The van der Waals surface area contributed by atoms with Crippen LogP contribution in [0.4, 0.5) is 11.4 Å². The van der Waals surface area contributed by atoms with Crippen molar-refractivity contribution in [2.45, 2.75) is 33.1 Å². The lowest BCUT2D eigenvalue weighted by Crippen LogP contribution is -2.20. The van der Waals surface area contributed by atoms with Gasteiger partial charge in [0, 0.05) is 11.4 Å². The van der Waals surface area contributed by atoms with Gasteiger partial charge in [-0.2, -0.15) is 0 Å². The van der Waals surface area contributed by atoms with Crippen molar-refractivity contribution >= 4 is 23.2 Å². The Labute approximate surface area is 148 Å². The van der Waals surface area contributed by atoms with Gasteiger partial charge in [0.05, 0.1) is 11.8 Å². The van der Waals surface area contributed by atoms with Crippen LogP contribution in [0.5, 0.6) is 0 Å². The Morgan fingerprint density at radius 2 is 1.28 bits per heavy atom. The predicted molar refractivity (Wildman–Crippen MR) is 101 cm³/mol. The largest absolute Gasteiger partial charge is 0.326 e. The minimum Gasteiger partial charge on any atom is -0.326 e. The Bertz CT molecular complexity index is 763. The maximum Gasteiger partial charge on any atom is 0.228 e. The third-order valence-electron chi connectivity index (χ3n) is 4.63. The summed E-state index contributed by atoms with van der Waals surface area (Å²) < 4.78 is 0. The average molecular weight is 336 g/mol. The summed E-state index contributed by atoms with van der Waals surface area (Å²) in [5.41, 5.74) is 3.93. The van der Waals surface area contributed by atoms with Crippen LogP contribution in [0.1, 0.15) is 37.3 Å². The summed E-state index contributed by atoms with van der Waals surface area (Å²) in [6.45, 7) is 6.27. The third-order valence-corrected chi connectivity index (χ3v) is 4.63. The molecule has 0 saturated heterocycles. The number of benzene rings is 2. The molecular weight excluding hydrogens is 312 g/mol. The lowest BCUT2D eigenvalue weighted by atomic mass is 10.0. The van der Waals surface area contributed by atoms with Gasteiger partial charge in [-0.25, -0.2) is 0 Å². The minimum atomic E-state index is -0.241. The monoisotopic (exact) mass is 336 g/mol. The van der Waals surface area contributed by atoms with E-state index in [0.717, 1.165) is 16.9 Å². The van der Waals surface area contributed by atoms with E-state index < -0.39 is 0 Å². The lowest BCUT2D eigenvalue weighted by molar-refractivity contribution is -0.122. The van der Waals surface area contributed by atoms with Gasteiger partial charge in [0.1, 0.15) is 0 Å². The molecule has 2 aromatic rings. The normalized spacial score (nSPS) is 18.7. The van der Waals surface area contributed by atoms with Crippen LogP contribution in [-0.4, -0.2) is 11.8 Å². The Morgan fingerprint density at radius 3 is 1.72 bits per heavy atom. The van der Waals surface area contributed by atoms with E-state index in [2.05, 4.69) is 24.5 Å². The van der Waals surface area contributed by atoms with Crippen molar-refractivity contribution in [3.8, 4) is 0 Å². The predicted octanol–water partition coefficient (Wildman–Crippen LogP) is 4.33. The van der Waals surface area contributed by atoms with E-state index >= 15 is 0 Å². The van der Waals surface area contributed by atoms with Crippen molar-refractivity contribution in [1.82, 2.24) is 0 Å². The van der Waals surface area contributed by atoms with E-state index in [1.807, 2.05) is 55.5 Å². The van der Waals surface area contributed by atoms with Crippen molar-refractivity contribution < 1.29 is 9.59 Å². The van der Waals surface area contributed by atoms with Gasteiger partial charge in [0.2, 0.25) is 11.8 Å². The van der Waals surface area contributed by atoms with E-state index in [-0.39, 0.29) is 23.7 Å². The summed E-state index contributed by atoms with van der Waals surface area (Å²) in [6, 6.07) is 15.5. The standard InChI is InChI=1S/C21H24N2O2/c1-13(2)15-6-10-17(11-7-15)23-21(25)19-12-18(19)20(24)22-16-8-4-14(3)5-9-16/h4-11,13,18-19H,12H2,1-3H3,(H,22,24)(H,23,25). The van der Waals surface area contributed by atoms with Gasteiger partial charge in [-0.3, -0.25) is 9.59 Å². The fraction of sp³-hybridized carbons (Fsp3) is 0.333. The van der Waals surface area contributed by atoms with Crippen molar-refractivity contribution in [3.05, 3.63) is 59.7 Å². The van der Waals surface area contributed by atoms with Crippen molar-refractivity contribution in [1.29, 1.82) is 0 Å². The highest BCUT2D eigenvalue weighted by Gasteiger charge is 2.48. The van der Waals surface area contributed by atoms with Crippen molar-refractivity contribution in [3.63, 3.8) is 0 Å². The smallest absolute Gasteiger partial charge is 0.228 e. The molecule has 4 heteroatoms. The van der Waals surface area contributed by atoms with E-state index in [1.54, 1.807) is 0 Å². The van der Waals surface area contributed by atoms with Gasteiger partial charge in [0.25, 0.3) is 0 Å². The molecule has 2 unspecified atom stereocenters. The molecule has 1 saturated carbocycles. The summed E-state index contributed by atoms with van der Waals surface area (Å²) in [4.78, 5) is 24.6. The first-order valence-corrected chi connectivity index (χ1v) is 8.72. The molecule has 2 N–H and O–H groups in total. The zero-order chi connectivity index (χ0) is 18.0. The molecular formula is C21H24N2O2. The molecule has 1 fully saturated rings. The van der Waals surface area contributed by atoms with Gasteiger partial charge in [-0.1, -0.05) is 43.7 Å². The Hall–Kier alpha value is -2.62. The van der Waals surface area contributed by atoms with Crippen molar-refractivity contribution in [2.24, 2.45) is 11.8 Å². The Morgan fingerprint density at radius 1 is 0.840 bits per heavy atom. The molecule has 0 spiro atoms. The highest BCUT2D eigenvalue weighted by molar-refractivity contribution is 6.03. The number of hydrogen-bond donors (Lipinski definition) is 2. The van der Waals surface area contributed by atoms with Crippen molar-refractivity contribution in [2.75, 3.05) is 10.6 Å². The Kier molecular flexibility index (Phi) is 4.88. The summed E-state index contributed by atoms with van der Waals surface area (Å²) in [7, 11) is 0. The number of nitrogens with one attached hydrogen (secondary N) is 2. The molecule has 0 bridgehead atoms. The number of amides is 2. The number of rotatable bonds is 5. The van der Waals surface area contributed by atoms with Crippen LogP contribution in [0.15, 0.2) is 48.5 Å².